The first-order valence-electron chi connectivity index (χ1n) is 16.4. The molecule has 6 nitrogen and oxygen atoms in total. The summed E-state index contributed by atoms with van der Waals surface area (Å²) in [7, 11) is 0. The maximum absolute atomic E-state index is 14.1. The van der Waals surface area contributed by atoms with E-state index in [0.717, 1.165) is 52.9 Å². The highest BCUT2D eigenvalue weighted by atomic mass is 35.5. The van der Waals surface area contributed by atoms with E-state index in [-0.39, 0.29) is 34.9 Å². The molecule has 0 radical (unpaired) electrons. The van der Waals surface area contributed by atoms with Crippen LogP contribution in [0, 0.1) is 17.8 Å². The van der Waals surface area contributed by atoms with Crippen molar-refractivity contribution >= 4 is 34.8 Å². The van der Waals surface area contributed by atoms with Gasteiger partial charge in [-0.1, -0.05) is 87.8 Å². The molecular weight excluding hydrogens is 608 g/mol. The number of nitrogens with one attached hydrogen (secondary N) is 1. The van der Waals surface area contributed by atoms with Crippen molar-refractivity contribution in [2.45, 2.75) is 72.6 Å². The number of ketones is 2. The van der Waals surface area contributed by atoms with Crippen molar-refractivity contribution in [3.8, 4) is 5.75 Å². The fourth-order valence-electron chi connectivity index (χ4n) is 7.31. The van der Waals surface area contributed by atoms with E-state index >= 15 is 0 Å². The first-order chi connectivity index (χ1) is 22.3. The SMILES string of the molecule is Cc1ccc(NC(=O)COc2ccc(C3C4=C(CC(C)(C)CC4=O)N(CCc4ccccc4)C4=C3C(=O)CC(C)(C)C4)cc2)cc1Cl. The molecule has 3 aromatic carbocycles. The lowest BCUT2D eigenvalue weighted by molar-refractivity contribution is -0.120. The number of carbonyl (C=O) groups excluding carboxylic acids is 3. The summed E-state index contributed by atoms with van der Waals surface area (Å²) in [6, 6.07) is 23.3. The minimum Gasteiger partial charge on any atom is -0.484 e. The Morgan fingerprint density at radius 2 is 1.45 bits per heavy atom. The quantitative estimate of drug-likeness (QED) is 0.264. The van der Waals surface area contributed by atoms with Crippen LogP contribution in [0.5, 0.6) is 5.75 Å². The number of amides is 1. The number of benzene rings is 3. The number of anilines is 1. The number of Topliss-reactive ketones (excluding diaryl/α,β-unsaturated/α-hetero) is 2. The zero-order valence-corrected chi connectivity index (χ0v) is 28.7. The molecule has 1 aliphatic heterocycles. The van der Waals surface area contributed by atoms with Gasteiger partial charge in [-0.25, -0.2) is 0 Å². The molecule has 0 bridgehead atoms. The molecule has 2 aliphatic carbocycles. The molecule has 0 spiro atoms. The Bertz CT molecular complexity index is 1730. The second kappa shape index (κ2) is 12.8. The van der Waals surface area contributed by atoms with Gasteiger partial charge >= 0.3 is 0 Å². The molecule has 0 atom stereocenters. The maximum Gasteiger partial charge on any atom is 0.262 e. The number of carbonyl (C=O) groups is 3. The zero-order chi connectivity index (χ0) is 33.5. The third-order valence-corrected chi connectivity index (χ3v) is 9.93. The molecule has 0 aromatic heterocycles. The average Bonchev–Trinajstić information content (AvgIpc) is 3.00. The number of hydrogen-bond acceptors (Lipinski definition) is 5. The molecule has 1 heterocycles. The molecule has 0 saturated carbocycles. The molecule has 7 heteroatoms. The van der Waals surface area contributed by atoms with Crippen LogP contribution in [-0.4, -0.2) is 35.5 Å². The van der Waals surface area contributed by atoms with Crippen LogP contribution < -0.4 is 10.1 Å². The molecule has 6 rings (SSSR count). The van der Waals surface area contributed by atoms with Crippen molar-refractivity contribution in [3.63, 3.8) is 0 Å². The lowest BCUT2D eigenvalue weighted by Crippen LogP contribution is -2.45. The predicted octanol–water partition coefficient (Wildman–Crippen LogP) is 8.59. The van der Waals surface area contributed by atoms with Gasteiger partial charge in [0.1, 0.15) is 5.75 Å². The molecular formula is C40H43ClN2O4. The van der Waals surface area contributed by atoms with E-state index < -0.39 is 5.92 Å². The van der Waals surface area contributed by atoms with Gasteiger partial charge in [0.25, 0.3) is 5.91 Å². The third-order valence-electron chi connectivity index (χ3n) is 9.53. The number of allylic oxidation sites excluding steroid dienone is 4. The van der Waals surface area contributed by atoms with Gasteiger partial charge in [-0.2, -0.15) is 0 Å². The Labute approximate surface area is 282 Å². The van der Waals surface area contributed by atoms with Gasteiger partial charge in [0.05, 0.1) is 0 Å². The van der Waals surface area contributed by atoms with Crippen LogP contribution in [0.1, 0.15) is 76.0 Å². The van der Waals surface area contributed by atoms with E-state index in [4.69, 9.17) is 16.3 Å². The van der Waals surface area contributed by atoms with Crippen LogP contribution >= 0.6 is 11.6 Å². The van der Waals surface area contributed by atoms with Gasteiger partial charge in [0.2, 0.25) is 0 Å². The predicted molar refractivity (Wildman–Crippen MR) is 186 cm³/mol. The average molecular weight is 651 g/mol. The third kappa shape index (κ3) is 7.08. The molecule has 3 aromatic rings. The Hall–Kier alpha value is -4.16. The molecule has 47 heavy (non-hydrogen) atoms. The van der Waals surface area contributed by atoms with Crippen LogP contribution in [-0.2, 0) is 20.8 Å². The summed E-state index contributed by atoms with van der Waals surface area (Å²) in [6.45, 7) is 11.1. The first-order valence-corrected chi connectivity index (χ1v) is 16.8. The summed E-state index contributed by atoms with van der Waals surface area (Å²) >= 11 is 6.20. The van der Waals surface area contributed by atoms with E-state index in [1.54, 1.807) is 12.1 Å². The van der Waals surface area contributed by atoms with Gasteiger partial charge in [-0.15, -0.1) is 0 Å². The normalized spacial score (nSPS) is 19.0. The molecule has 1 amide bonds. The van der Waals surface area contributed by atoms with E-state index in [1.165, 1.54) is 5.56 Å². The van der Waals surface area contributed by atoms with Crippen molar-refractivity contribution in [2.24, 2.45) is 10.8 Å². The van der Waals surface area contributed by atoms with Gasteiger partial charge in [0.15, 0.2) is 18.2 Å². The standard InChI is InChI=1S/C40H43ClN2O4/c1-25-11-14-28(19-30(25)41)42-35(46)24-47-29-15-12-27(13-16-29)36-37-31(20-39(2,3)22-33(37)44)43(18-17-26-9-7-6-8-10-26)32-21-40(4,5)23-34(45)38(32)36/h6-16,19,36H,17-18,20-24H2,1-5H3,(H,42,46). The number of rotatable bonds is 8. The smallest absolute Gasteiger partial charge is 0.262 e. The monoisotopic (exact) mass is 650 g/mol. The van der Waals surface area contributed by atoms with E-state index in [0.29, 0.717) is 35.8 Å². The second-order valence-corrected chi connectivity index (χ2v) is 15.2. The summed E-state index contributed by atoms with van der Waals surface area (Å²) in [5.74, 6) is 0.0320. The summed E-state index contributed by atoms with van der Waals surface area (Å²) in [4.78, 5) is 43.1. The van der Waals surface area contributed by atoms with Crippen LogP contribution in [0.4, 0.5) is 5.69 Å². The van der Waals surface area contributed by atoms with Gasteiger partial charge < -0.3 is 15.0 Å². The highest BCUT2D eigenvalue weighted by molar-refractivity contribution is 6.31. The summed E-state index contributed by atoms with van der Waals surface area (Å²) in [6.07, 6.45) is 3.25. The highest BCUT2D eigenvalue weighted by Gasteiger charge is 2.48. The first kappa shape index (κ1) is 32.8. The summed E-state index contributed by atoms with van der Waals surface area (Å²) < 4.78 is 5.83. The van der Waals surface area contributed by atoms with Crippen molar-refractivity contribution in [2.75, 3.05) is 18.5 Å². The van der Waals surface area contributed by atoms with Crippen molar-refractivity contribution in [1.82, 2.24) is 4.90 Å². The van der Waals surface area contributed by atoms with Crippen molar-refractivity contribution in [1.29, 1.82) is 0 Å². The molecule has 244 valence electrons. The second-order valence-electron chi connectivity index (χ2n) is 14.8. The largest absolute Gasteiger partial charge is 0.484 e. The Kier molecular flexibility index (Phi) is 8.92. The van der Waals surface area contributed by atoms with E-state index in [2.05, 4.69) is 62.2 Å². The molecule has 3 aliphatic rings. The highest BCUT2D eigenvalue weighted by Crippen LogP contribution is 2.54. The number of hydrogen-bond donors (Lipinski definition) is 1. The fraction of sp³-hybridized carbons (Fsp3) is 0.375. The van der Waals surface area contributed by atoms with E-state index in [9.17, 15) is 14.4 Å². The Morgan fingerprint density at radius 3 is 2.02 bits per heavy atom. The van der Waals surface area contributed by atoms with E-state index in [1.807, 2.05) is 43.3 Å². The lowest BCUT2D eigenvalue weighted by atomic mass is 9.63. The van der Waals surface area contributed by atoms with Crippen LogP contribution in [0.25, 0.3) is 0 Å². The number of aryl methyl sites for hydroxylation is 1. The van der Waals surface area contributed by atoms with Gasteiger partial charge in [-0.3, -0.25) is 14.4 Å². The van der Waals surface area contributed by atoms with Crippen LogP contribution in [0.2, 0.25) is 5.02 Å². The minimum absolute atomic E-state index is 0.114. The maximum atomic E-state index is 14.1. The minimum atomic E-state index is -0.427. The Morgan fingerprint density at radius 1 is 0.851 bits per heavy atom. The zero-order valence-electron chi connectivity index (χ0n) is 27.9. The van der Waals surface area contributed by atoms with Crippen LogP contribution in [0.15, 0.2) is 95.3 Å². The molecule has 0 unspecified atom stereocenters. The fourth-order valence-corrected chi connectivity index (χ4v) is 7.49. The number of ether oxygens (including phenoxy) is 1. The molecule has 0 fully saturated rings. The van der Waals surface area contributed by atoms with Crippen molar-refractivity contribution in [3.05, 3.63) is 117 Å². The topological polar surface area (TPSA) is 75.7 Å². The van der Waals surface area contributed by atoms with Crippen molar-refractivity contribution < 1.29 is 19.1 Å². The van der Waals surface area contributed by atoms with Gasteiger partial charge in [-0.05, 0) is 78.0 Å². The number of halogens is 1. The molecule has 0 saturated heterocycles. The van der Waals surface area contributed by atoms with Gasteiger partial charge in [0, 0.05) is 58.6 Å². The number of nitrogens with zero attached hydrogens (tertiary/aromatic N) is 1. The lowest BCUT2D eigenvalue weighted by Gasteiger charge is -2.49. The Balaban J connectivity index is 1.31. The summed E-state index contributed by atoms with van der Waals surface area (Å²) in [5, 5.41) is 3.39. The summed E-state index contributed by atoms with van der Waals surface area (Å²) in [5.41, 5.74) is 6.93. The van der Waals surface area contributed by atoms with Crippen LogP contribution in [0.3, 0.4) is 0 Å². The molecule has 1 N–H and O–H groups in total.